The highest BCUT2D eigenvalue weighted by Crippen LogP contribution is 2.27. The molecular formula is C19H21Cl2NO3. The first kappa shape index (κ1) is 20.9. The van der Waals surface area contributed by atoms with E-state index in [4.69, 9.17) is 9.47 Å². The summed E-state index contributed by atoms with van der Waals surface area (Å²) in [6, 6.07) is 14.9. The number of ether oxygens (including phenoxy) is 2. The second-order valence-electron chi connectivity index (χ2n) is 5.25. The summed E-state index contributed by atoms with van der Waals surface area (Å²) in [5, 5.41) is 0.650. The van der Waals surface area contributed by atoms with Crippen molar-refractivity contribution in [2.75, 3.05) is 13.7 Å². The number of pyridine rings is 1. The van der Waals surface area contributed by atoms with Crippen molar-refractivity contribution < 1.29 is 9.47 Å². The number of methoxy groups -OCH3 is 1. The van der Waals surface area contributed by atoms with E-state index in [1.165, 1.54) is 0 Å². The summed E-state index contributed by atoms with van der Waals surface area (Å²) in [4.78, 5) is 12.2. The summed E-state index contributed by atoms with van der Waals surface area (Å²) in [6.45, 7) is 2.67. The summed E-state index contributed by atoms with van der Waals surface area (Å²) in [5.74, 6) is 1.51. The smallest absolute Gasteiger partial charge is 0.189 e. The van der Waals surface area contributed by atoms with Gasteiger partial charge < -0.3 is 14.0 Å². The maximum Gasteiger partial charge on any atom is 0.189 e. The first-order chi connectivity index (χ1) is 11.2. The largest absolute Gasteiger partial charge is 0.497 e. The van der Waals surface area contributed by atoms with Crippen molar-refractivity contribution >= 4 is 35.7 Å². The minimum Gasteiger partial charge on any atom is -0.497 e. The highest BCUT2D eigenvalue weighted by atomic mass is 35.5. The van der Waals surface area contributed by atoms with E-state index in [2.05, 4.69) is 6.92 Å². The maximum atomic E-state index is 12.2. The Bertz CT molecular complexity index is 876. The molecule has 0 spiro atoms. The molecule has 0 aliphatic carbocycles. The minimum absolute atomic E-state index is 0. The van der Waals surface area contributed by atoms with Crippen LogP contribution in [0.25, 0.3) is 16.6 Å². The molecule has 25 heavy (non-hydrogen) atoms. The van der Waals surface area contributed by atoms with E-state index in [0.29, 0.717) is 12.0 Å². The van der Waals surface area contributed by atoms with Crippen molar-refractivity contribution in [3.8, 4) is 17.2 Å². The maximum absolute atomic E-state index is 12.2. The van der Waals surface area contributed by atoms with Crippen LogP contribution in [0.3, 0.4) is 0 Å². The van der Waals surface area contributed by atoms with E-state index in [-0.39, 0.29) is 30.2 Å². The molecule has 0 N–H and O–H groups in total. The van der Waals surface area contributed by atoms with Gasteiger partial charge in [0.05, 0.1) is 19.2 Å². The zero-order valence-corrected chi connectivity index (χ0v) is 15.7. The van der Waals surface area contributed by atoms with Gasteiger partial charge in [-0.1, -0.05) is 13.0 Å². The van der Waals surface area contributed by atoms with Gasteiger partial charge >= 0.3 is 0 Å². The van der Waals surface area contributed by atoms with Crippen LogP contribution >= 0.6 is 24.8 Å². The van der Waals surface area contributed by atoms with Gasteiger partial charge in [-0.2, -0.15) is 0 Å². The fraction of sp³-hybridized carbons (Fsp3) is 0.211. The van der Waals surface area contributed by atoms with Gasteiger partial charge in [0.15, 0.2) is 5.43 Å². The first-order valence-corrected chi connectivity index (χ1v) is 7.66. The second-order valence-corrected chi connectivity index (χ2v) is 5.25. The molecule has 1 aromatic heterocycles. The summed E-state index contributed by atoms with van der Waals surface area (Å²) in [7, 11) is 1.64. The molecule has 0 saturated carbocycles. The van der Waals surface area contributed by atoms with Gasteiger partial charge in [-0.15, -0.1) is 24.8 Å². The van der Waals surface area contributed by atoms with Crippen molar-refractivity contribution in [2.45, 2.75) is 13.3 Å². The summed E-state index contributed by atoms with van der Waals surface area (Å²) in [6.07, 6.45) is 2.70. The predicted molar refractivity (Wildman–Crippen MR) is 106 cm³/mol. The molecule has 0 amide bonds. The van der Waals surface area contributed by atoms with Crippen LogP contribution in [-0.2, 0) is 0 Å². The lowest BCUT2D eigenvalue weighted by Crippen LogP contribution is -2.08. The molecular weight excluding hydrogens is 361 g/mol. The number of aromatic nitrogens is 1. The number of hydrogen-bond donors (Lipinski definition) is 0. The molecule has 0 radical (unpaired) electrons. The zero-order valence-electron chi connectivity index (χ0n) is 14.1. The lowest BCUT2D eigenvalue weighted by Gasteiger charge is -2.15. The highest BCUT2D eigenvalue weighted by molar-refractivity contribution is 5.86. The van der Waals surface area contributed by atoms with Crippen LogP contribution in [0.4, 0.5) is 0 Å². The fourth-order valence-electron chi connectivity index (χ4n) is 2.56. The van der Waals surface area contributed by atoms with E-state index in [9.17, 15) is 4.79 Å². The number of hydrogen-bond acceptors (Lipinski definition) is 3. The average Bonchev–Trinajstić information content (AvgIpc) is 2.60. The summed E-state index contributed by atoms with van der Waals surface area (Å²) >= 11 is 0. The molecule has 0 atom stereocenters. The topological polar surface area (TPSA) is 40.5 Å². The number of para-hydroxylation sites is 1. The number of fused-ring (bicyclic) bond motifs is 1. The van der Waals surface area contributed by atoms with E-state index in [1.54, 1.807) is 19.4 Å². The molecule has 2 aromatic carbocycles. The minimum atomic E-state index is -0.00768. The molecule has 0 bridgehead atoms. The predicted octanol–water partition coefficient (Wildman–Crippen LogP) is 4.63. The molecule has 0 fully saturated rings. The molecule has 0 aliphatic heterocycles. The van der Waals surface area contributed by atoms with Crippen LogP contribution in [-0.4, -0.2) is 18.3 Å². The van der Waals surface area contributed by atoms with Crippen molar-refractivity contribution in [3.63, 3.8) is 0 Å². The SMILES string of the molecule is CCCOc1cccc2c(=O)ccn(-c3ccc(OC)cc3)c12.Cl.Cl. The fourth-order valence-corrected chi connectivity index (χ4v) is 2.56. The monoisotopic (exact) mass is 381 g/mol. The molecule has 0 unspecified atom stereocenters. The Balaban J connectivity index is 0.00000156. The standard InChI is InChI=1S/C19H19NO3.2ClH/c1-3-13-23-18-6-4-5-16-17(21)11-12-20(19(16)18)14-7-9-15(22-2)10-8-14;;/h4-12H,3,13H2,1-2H3;2*1H. The normalized spacial score (nSPS) is 9.84. The molecule has 3 rings (SSSR count). The molecule has 1 heterocycles. The first-order valence-electron chi connectivity index (χ1n) is 7.66. The molecule has 0 aliphatic rings. The van der Waals surface area contributed by atoms with Crippen LogP contribution in [0.2, 0.25) is 0 Å². The van der Waals surface area contributed by atoms with Crippen LogP contribution in [0, 0.1) is 0 Å². The van der Waals surface area contributed by atoms with Gasteiger partial charge in [0, 0.05) is 23.3 Å². The van der Waals surface area contributed by atoms with Gasteiger partial charge in [0.2, 0.25) is 0 Å². The Labute approximate surface area is 159 Å². The Hall–Kier alpha value is -2.17. The Morgan fingerprint density at radius 1 is 1.00 bits per heavy atom. The zero-order chi connectivity index (χ0) is 16.2. The third-order valence-electron chi connectivity index (χ3n) is 3.69. The number of rotatable bonds is 5. The van der Waals surface area contributed by atoms with Gasteiger partial charge in [0.25, 0.3) is 0 Å². The number of benzene rings is 2. The Kier molecular flexibility index (Phi) is 7.81. The summed E-state index contributed by atoms with van der Waals surface area (Å²) < 4.78 is 13.0. The lowest BCUT2D eigenvalue weighted by atomic mass is 10.1. The van der Waals surface area contributed by atoms with Gasteiger partial charge in [-0.05, 0) is 42.8 Å². The van der Waals surface area contributed by atoms with Gasteiger partial charge in [0.1, 0.15) is 11.5 Å². The van der Waals surface area contributed by atoms with Crippen molar-refractivity contribution in [3.05, 3.63) is 65.0 Å². The van der Waals surface area contributed by atoms with Gasteiger partial charge in [-0.25, -0.2) is 0 Å². The average molecular weight is 382 g/mol. The second kappa shape index (κ2) is 9.35. The Morgan fingerprint density at radius 2 is 1.72 bits per heavy atom. The van der Waals surface area contributed by atoms with Crippen molar-refractivity contribution in [2.24, 2.45) is 0 Å². The third-order valence-corrected chi connectivity index (χ3v) is 3.69. The van der Waals surface area contributed by atoms with Crippen molar-refractivity contribution in [1.29, 1.82) is 0 Å². The van der Waals surface area contributed by atoms with Crippen LogP contribution < -0.4 is 14.9 Å². The summed E-state index contributed by atoms with van der Waals surface area (Å²) in [5.41, 5.74) is 1.73. The van der Waals surface area contributed by atoms with E-state index in [0.717, 1.165) is 29.1 Å². The van der Waals surface area contributed by atoms with E-state index >= 15 is 0 Å². The van der Waals surface area contributed by atoms with E-state index < -0.39 is 0 Å². The lowest BCUT2D eigenvalue weighted by molar-refractivity contribution is 0.320. The van der Waals surface area contributed by atoms with Crippen LogP contribution in [0.5, 0.6) is 11.5 Å². The molecule has 3 aromatic rings. The third kappa shape index (κ3) is 4.27. The van der Waals surface area contributed by atoms with Crippen LogP contribution in [0.1, 0.15) is 13.3 Å². The van der Waals surface area contributed by atoms with Crippen molar-refractivity contribution in [1.82, 2.24) is 4.57 Å². The van der Waals surface area contributed by atoms with Gasteiger partial charge in [-0.3, -0.25) is 4.79 Å². The molecule has 4 nitrogen and oxygen atoms in total. The number of nitrogens with zero attached hydrogens (tertiary/aromatic N) is 1. The van der Waals surface area contributed by atoms with E-state index in [1.807, 2.05) is 47.0 Å². The van der Waals surface area contributed by atoms with Crippen LogP contribution in [0.15, 0.2) is 59.5 Å². The quantitative estimate of drug-likeness (QED) is 0.646. The molecule has 6 heteroatoms. The number of halogens is 2. The molecule has 0 saturated heterocycles. The molecule has 134 valence electrons. The Morgan fingerprint density at radius 3 is 2.36 bits per heavy atom. The highest BCUT2D eigenvalue weighted by Gasteiger charge is 2.10.